The van der Waals surface area contributed by atoms with Gasteiger partial charge < -0.3 is 14.8 Å². The van der Waals surface area contributed by atoms with Crippen LogP contribution in [-0.2, 0) is 19.7 Å². The van der Waals surface area contributed by atoms with Crippen LogP contribution in [0.5, 0.6) is 5.75 Å². The van der Waals surface area contributed by atoms with E-state index in [0.29, 0.717) is 12.8 Å². The SMILES string of the molecule is O=C(COC(=O)C1(c2ccccc2)CC1)Nc1ccc(OC(F)(F)F)cc1. The zero-order chi connectivity index (χ0) is 19.5. The Labute approximate surface area is 153 Å². The first-order chi connectivity index (χ1) is 12.8. The smallest absolute Gasteiger partial charge is 0.455 e. The van der Waals surface area contributed by atoms with Crippen molar-refractivity contribution in [2.24, 2.45) is 0 Å². The molecule has 2 aromatic carbocycles. The Morgan fingerprint density at radius 3 is 2.19 bits per heavy atom. The first-order valence-electron chi connectivity index (χ1n) is 8.17. The summed E-state index contributed by atoms with van der Waals surface area (Å²) in [5.74, 6) is -1.44. The number of rotatable bonds is 6. The lowest BCUT2D eigenvalue weighted by Crippen LogP contribution is -2.28. The predicted molar refractivity (Wildman–Crippen MR) is 90.1 cm³/mol. The fraction of sp³-hybridized carbons (Fsp3) is 0.263. The first-order valence-corrected chi connectivity index (χ1v) is 8.17. The molecule has 1 amide bonds. The number of carbonyl (C=O) groups is 2. The van der Waals surface area contributed by atoms with Gasteiger partial charge in [0, 0.05) is 5.69 Å². The van der Waals surface area contributed by atoms with Crippen molar-refractivity contribution in [2.75, 3.05) is 11.9 Å². The minimum Gasteiger partial charge on any atom is -0.455 e. The molecule has 0 radical (unpaired) electrons. The number of anilines is 1. The van der Waals surface area contributed by atoms with Gasteiger partial charge in [0.2, 0.25) is 0 Å². The van der Waals surface area contributed by atoms with E-state index in [1.165, 1.54) is 12.1 Å². The Hall–Kier alpha value is -3.03. The maximum Gasteiger partial charge on any atom is 0.573 e. The van der Waals surface area contributed by atoms with Gasteiger partial charge in [-0.15, -0.1) is 13.2 Å². The third-order valence-electron chi connectivity index (χ3n) is 4.17. The Kier molecular flexibility index (Phi) is 5.07. The summed E-state index contributed by atoms with van der Waals surface area (Å²) in [6.45, 7) is -0.478. The molecule has 8 heteroatoms. The third kappa shape index (κ3) is 4.78. The number of benzene rings is 2. The highest BCUT2D eigenvalue weighted by atomic mass is 19.4. The van der Waals surface area contributed by atoms with Crippen LogP contribution in [0.1, 0.15) is 18.4 Å². The molecule has 3 rings (SSSR count). The quantitative estimate of drug-likeness (QED) is 0.776. The topological polar surface area (TPSA) is 64.6 Å². The van der Waals surface area contributed by atoms with Gasteiger partial charge in [-0.25, -0.2) is 0 Å². The molecule has 1 saturated carbocycles. The van der Waals surface area contributed by atoms with Crippen molar-refractivity contribution in [3.05, 3.63) is 60.2 Å². The molecule has 1 aliphatic rings. The van der Waals surface area contributed by atoms with Crippen LogP contribution in [0.2, 0.25) is 0 Å². The van der Waals surface area contributed by atoms with Crippen LogP contribution in [-0.4, -0.2) is 24.8 Å². The molecule has 1 N–H and O–H groups in total. The van der Waals surface area contributed by atoms with Gasteiger partial charge in [-0.1, -0.05) is 30.3 Å². The number of nitrogens with one attached hydrogen (secondary N) is 1. The number of carbonyl (C=O) groups excluding carboxylic acids is 2. The summed E-state index contributed by atoms with van der Waals surface area (Å²) in [5, 5.41) is 2.45. The van der Waals surface area contributed by atoms with Crippen LogP contribution < -0.4 is 10.1 Å². The third-order valence-corrected chi connectivity index (χ3v) is 4.17. The summed E-state index contributed by atoms with van der Waals surface area (Å²) in [6.07, 6.45) is -3.45. The highest BCUT2D eigenvalue weighted by molar-refractivity contribution is 5.94. The summed E-state index contributed by atoms with van der Waals surface area (Å²) >= 11 is 0. The van der Waals surface area contributed by atoms with Gasteiger partial charge in [0.1, 0.15) is 5.75 Å². The van der Waals surface area contributed by atoms with E-state index >= 15 is 0 Å². The monoisotopic (exact) mass is 379 g/mol. The van der Waals surface area contributed by atoms with Gasteiger partial charge in [-0.05, 0) is 42.7 Å². The van der Waals surface area contributed by atoms with Crippen molar-refractivity contribution in [1.82, 2.24) is 0 Å². The second-order valence-electron chi connectivity index (χ2n) is 6.14. The zero-order valence-corrected chi connectivity index (χ0v) is 14.1. The summed E-state index contributed by atoms with van der Waals surface area (Å²) in [4.78, 5) is 24.3. The lowest BCUT2D eigenvalue weighted by atomic mass is 9.96. The molecule has 2 aromatic rings. The summed E-state index contributed by atoms with van der Waals surface area (Å²) in [6, 6.07) is 13.9. The molecule has 0 atom stereocenters. The molecule has 27 heavy (non-hydrogen) atoms. The van der Waals surface area contributed by atoms with Crippen LogP contribution in [0.3, 0.4) is 0 Å². The van der Waals surface area contributed by atoms with Crippen molar-refractivity contribution in [1.29, 1.82) is 0 Å². The fourth-order valence-corrected chi connectivity index (χ4v) is 2.70. The van der Waals surface area contributed by atoms with Crippen LogP contribution in [0.25, 0.3) is 0 Å². The van der Waals surface area contributed by atoms with E-state index in [4.69, 9.17) is 4.74 Å². The Morgan fingerprint density at radius 2 is 1.63 bits per heavy atom. The van der Waals surface area contributed by atoms with E-state index in [-0.39, 0.29) is 5.69 Å². The van der Waals surface area contributed by atoms with E-state index in [2.05, 4.69) is 10.1 Å². The van der Waals surface area contributed by atoms with Crippen LogP contribution in [0.15, 0.2) is 54.6 Å². The van der Waals surface area contributed by atoms with Gasteiger partial charge in [0.15, 0.2) is 6.61 Å². The van der Waals surface area contributed by atoms with Gasteiger partial charge >= 0.3 is 12.3 Å². The Balaban J connectivity index is 1.51. The Morgan fingerprint density at radius 1 is 1.00 bits per heavy atom. The van der Waals surface area contributed by atoms with Crippen molar-refractivity contribution in [3.63, 3.8) is 0 Å². The summed E-state index contributed by atoms with van der Waals surface area (Å²) in [7, 11) is 0. The van der Waals surface area contributed by atoms with Gasteiger partial charge in [0.05, 0.1) is 5.41 Å². The second-order valence-corrected chi connectivity index (χ2v) is 6.14. The highest BCUT2D eigenvalue weighted by Crippen LogP contribution is 2.49. The van der Waals surface area contributed by atoms with Crippen molar-refractivity contribution < 1.29 is 32.2 Å². The van der Waals surface area contributed by atoms with E-state index in [0.717, 1.165) is 17.7 Å². The standard InChI is InChI=1S/C19H16F3NO4/c20-19(21,22)27-15-8-6-14(7-9-15)23-16(24)12-26-17(25)18(10-11-18)13-4-2-1-3-5-13/h1-9H,10-12H2,(H,23,24). The number of amides is 1. The normalized spacial score (nSPS) is 14.9. The van der Waals surface area contributed by atoms with Gasteiger partial charge in [-0.3, -0.25) is 9.59 Å². The maximum absolute atomic E-state index is 12.3. The van der Waals surface area contributed by atoms with Crippen LogP contribution in [0, 0.1) is 0 Å². The number of ether oxygens (including phenoxy) is 2. The molecule has 0 unspecified atom stereocenters. The molecule has 0 aliphatic heterocycles. The lowest BCUT2D eigenvalue weighted by Gasteiger charge is -2.15. The molecular formula is C19H16F3NO4. The van der Waals surface area contributed by atoms with Crippen LogP contribution >= 0.6 is 0 Å². The minimum absolute atomic E-state index is 0.259. The highest BCUT2D eigenvalue weighted by Gasteiger charge is 2.52. The van der Waals surface area contributed by atoms with E-state index in [1.807, 2.05) is 30.3 Å². The molecule has 0 saturated heterocycles. The average Bonchev–Trinajstić information content (AvgIpc) is 3.43. The van der Waals surface area contributed by atoms with Crippen LogP contribution in [0.4, 0.5) is 18.9 Å². The van der Waals surface area contributed by atoms with E-state index < -0.39 is 36.0 Å². The lowest BCUT2D eigenvalue weighted by molar-refractivity contribution is -0.274. The predicted octanol–water partition coefficient (Wildman–Crippen LogP) is 3.80. The molecule has 5 nitrogen and oxygen atoms in total. The zero-order valence-electron chi connectivity index (χ0n) is 14.1. The summed E-state index contributed by atoms with van der Waals surface area (Å²) in [5.41, 5.74) is 0.434. The number of halogens is 3. The van der Waals surface area contributed by atoms with Crippen molar-refractivity contribution in [3.8, 4) is 5.75 Å². The number of hydrogen-bond donors (Lipinski definition) is 1. The van der Waals surface area contributed by atoms with E-state index in [1.54, 1.807) is 0 Å². The van der Waals surface area contributed by atoms with E-state index in [9.17, 15) is 22.8 Å². The number of esters is 1. The fourth-order valence-electron chi connectivity index (χ4n) is 2.70. The molecule has 0 heterocycles. The maximum atomic E-state index is 12.3. The molecule has 0 aromatic heterocycles. The first kappa shape index (κ1) is 18.8. The average molecular weight is 379 g/mol. The Bertz CT molecular complexity index is 815. The number of alkyl halides is 3. The van der Waals surface area contributed by atoms with Crippen molar-refractivity contribution in [2.45, 2.75) is 24.6 Å². The molecule has 1 fully saturated rings. The van der Waals surface area contributed by atoms with Crippen molar-refractivity contribution >= 4 is 17.6 Å². The molecule has 0 spiro atoms. The summed E-state index contributed by atoms with van der Waals surface area (Å²) < 4.78 is 45.2. The second kappa shape index (κ2) is 7.30. The molecular weight excluding hydrogens is 363 g/mol. The largest absolute Gasteiger partial charge is 0.573 e. The molecule has 1 aliphatic carbocycles. The van der Waals surface area contributed by atoms with Gasteiger partial charge in [0.25, 0.3) is 5.91 Å². The van der Waals surface area contributed by atoms with Gasteiger partial charge in [-0.2, -0.15) is 0 Å². The molecule has 0 bridgehead atoms. The minimum atomic E-state index is -4.78. The molecule has 142 valence electrons. The number of hydrogen-bond acceptors (Lipinski definition) is 4.